The largest absolute Gasteiger partial charge is 0.478 e. The van der Waals surface area contributed by atoms with Gasteiger partial charge in [0.25, 0.3) is 5.22 Å². The first-order valence-electron chi connectivity index (χ1n) is 5.67. The summed E-state index contributed by atoms with van der Waals surface area (Å²) in [6, 6.07) is 4.52. The molecule has 0 fully saturated rings. The lowest BCUT2D eigenvalue weighted by Crippen LogP contribution is -1.90. The highest BCUT2D eigenvalue weighted by atomic mass is 32.2. The first kappa shape index (κ1) is 14.3. The van der Waals surface area contributed by atoms with Gasteiger partial charge < -0.3 is 9.52 Å². The van der Waals surface area contributed by atoms with Crippen LogP contribution in [0, 0.1) is 12.7 Å². The highest BCUT2D eigenvalue weighted by Crippen LogP contribution is 2.23. The van der Waals surface area contributed by atoms with Crippen LogP contribution in [-0.2, 0) is 10.5 Å². The first-order chi connectivity index (χ1) is 9.54. The number of aliphatic carboxylic acids is 1. The summed E-state index contributed by atoms with van der Waals surface area (Å²) in [5.41, 5.74) is 1.06. The topological polar surface area (TPSA) is 76.2 Å². The van der Waals surface area contributed by atoms with Gasteiger partial charge in [-0.2, -0.15) is 0 Å². The van der Waals surface area contributed by atoms with Crippen LogP contribution in [0.1, 0.15) is 17.0 Å². The Bertz CT molecular complexity index is 655. The van der Waals surface area contributed by atoms with E-state index in [1.54, 1.807) is 19.1 Å². The summed E-state index contributed by atoms with van der Waals surface area (Å²) in [4.78, 5) is 10.4. The molecule has 0 aliphatic carbocycles. The maximum absolute atomic E-state index is 13.5. The van der Waals surface area contributed by atoms with Crippen molar-refractivity contribution in [2.45, 2.75) is 17.9 Å². The Balaban J connectivity index is 2.08. The predicted octanol–water partition coefficient (Wildman–Crippen LogP) is 2.91. The van der Waals surface area contributed by atoms with Gasteiger partial charge in [-0.1, -0.05) is 17.8 Å². The molecule has 0 aliphatic heterocycles. The number of carbonyl (C=O) groups is 1. The Hall–Kier alpha value is -2.15. The molecule has 0 radical (unpaired) electrons. The zero-order valence-electron chi connectivity index (χ0n) is 10.5. The van der Waals surface area contributed by atoms with Crippen LogP contribution >= 0.6 is 11.8 Å². The van der Waals surface area contributed by atoms with Crippen molar-refractivity contribution in [3.63, 3.8) is 0 Å². The molecule has 7 heteroatoms. The third-order valence-corrected chi connectivity index (χ3v) is 3.23. The Kier molecular flexibility index (Phi) is 4.52. The Morgan fingerprint density at radius 2 is 2.30 bits per heavy atom. The number of hydrogen-bond acceptors (Lipinski definition) is 5. The average molecular weight is 294 g/mol. The van der Waals surface area contributed by atoms with Crippen molar-refractivity contribution in [3.8, 4) is 0 Å². The summed E-state index contributed by atoms with van der Waals surface area (Å²) in [5, 5.41) is 16.5. The Labute approximate surface area is 118 Å². The standard InChI is InChI=1S/C13H11FN2O3S/c1-8-15-16-13(19-8)20-7-9-2-4-11(14)10(6-9)3-5-12(17)18/h2-6H,7H2,1H3,(H,17,18). The zero-order chi connectivity index (χ0) is 14.5. The second kappa shape index (κ2) is 6.33. The highest BCUT2D eigenvalue weighted by Gasteiger charge is 2.06. The van der Waals surface area contributed by atoms with E-state index in [-0.39, 0.29) is 5.56 Å². The summed E-state index contributed by atoms with van der Waals surface area (Å²) in [5.74, 6) is -0.581. The normalized spacial score (nSPS) is 11.1. The van der Waals surface area contributed by atoms with E-state index in [9.17, 15) is 9.18 Å². The van der Waals surface area contributed by atoms with Gasteiger partial charge in [0, 0.05) is 24.3 Å². The molecule has 0 aliphatic rings. The van der Waals surface area contributed by atoms with Crippen LogP contribution in [-0.4, -0.2) is 21.3 Å². The molecule has 1 aromatic heterocycles. The number of aryl methyl sites for hydroxylation is 1. The zero-order valence-corrected chi connectivity index (χ0v) is 11.4. The van der Waals surface area contributed by atoms with Gasteiger partial charge in [-0.25, -0.2) is 9.18 Å². The number of carboxylic acid groups (broad SMARTS) is 1. The van der Waals surface area contributed by atoms with E-state index >= 15 is 0 Å². The molecule has 104 valence electrons. The summed E-state index contributed by atoms with van der Waals surface area (Å²) in [7, 11) is 0. The number of carboxylic acids is 1. The lowest BCUT2D eigenvalue weighted by atomic mass is 10.1. The van der Waals surface area contributed by atoms with Crippen LogP contribution in [0.15, 0.2) is 33.9 Å². The van der Waals surface area contributed by atoms with Crippen LogP contribution in [0.4, 0.5) is 4.39 Å². The second-order valence-electron chi connectivity index (χ2n) is 3.90. The molecule has 2 rings (SSSR count). The smallest absolute Gasteiger partial charge is 0.328 e. The molecule has 0 amide bonds. The number of rotatable bonds is 5. The van der Waals surface area contributed by atoms with Crippen molar-refractivity contribution >= 4 is 23.8 Å². The van der Waals surface area contributed by atoms with Crippen LogP contribution in [0.5, 0.6) is 0 Å². The van der Waals surface area contributed by atoms with Gasteiger partial charge in [-0.05, 0) is 23.8 Å². The van der Waals surface area contributed by atoms with Gasteiger partial charge in [0.05, 0.1) is 0 Å². The number of aromatic nitrogens is 2. The molecule has 1 aromatic carbocycles. The number of benzene rings is 1. The molecule has 0 saturated heterocycles. The Morgan fingerprint density at radius 3 is 2.95 bits per heavy atom. The quantitative estimate of drug-likeness (QED) is 0.675. The van der Waals surface area contributed by atoms with Gasteiger partial charge >= 0.3 is 5.97 Å². The minimum atomic E-state index is -1.12. The molecule has 0 unspecified atom stereocenters. The molecule has 5 nitrogen and oxygen atoms in total. The Morgan fingerprint density at radius 1 is 1.50 bits per heavy atom. The SMILES string of the molecule is Cc1nnc(SCc2ccc(F)c(C=CC(=O)O)c2)o1. The van der Waals surface area contributed by atoms with E-state index in [4.69, 9.17) is 9.52 Å². The third kappa shape index (κ3) is 3.92. The minimum absolute atomic E-state index is 0.229. The molecule has 0 atom stereocenters. The monoisotopic (exact) mass is 294 g/mol. The average Bonchev–Trinajstić information content (AvgIpc) is 2.82. The van der Waals surface area contributed by atoms with Crippen LogP contribution < -0.4 is 0 Å². The fraction of sp³-hybridized carbons (Fsp3) is 0.154. The molecule has 0 spiro atoms. The van der Waals surface area contributed by atoms with Crippen molar-refractivity contribution in [2.24, 2.45) is 0 Å². The number of nitrogens with zero attached hydrogens (tertiary/aromatic N) is 2. The first-order valence-corrected chi connectivity index (χ1v) is 6.65. The van der Waals surface area contributed by atoms with E-state index in [0.717, 1.165) is 11.6 Å². The van der Waals surface area contributed by atoms with Crippen LogP contribution in [0.2, 0.25) is 0 Å². The molecule has 1 N–H and O–H groups in total. The van der Waals surface area contributed by atoms with Crippen molar-refractivity contribution in [1.29, 1.82) is 0 Å². The van der Waals surface area contributed by atoms with Crippen LogP contribution in [0.25, 0.3) is 6.08 Å². The minimum Gasteiger partial charge on any atom is -0.478 e. The summed E-state index contributed by atoms with van der Waals surface area (Å²) in [6.45, 7) is 1.70. The van der Waals surface area contributed by atoms with E-state index in [2.05, 4.69) is 10.2 Å². The molecule has 0 bridgehead atoms. The molecular formula is C13H11FN2O3S. The summed E-state index contributed by atoms with van der Waals surface area (Å²) < 4.78 is 18.7. The molecular weight excluding hydrogens is 283 g/mol. The van der Waals surface area contributed by atoms with E-state index < -0.39 is 11.8 Å². The highest BCUT2D eigenvalue weighted by molar-refractivity contribution is 7.98. The van der Waals surface area contributed by atoms with Gasteiger partial charge in [-0.3, -0.25) is 0 Å². The molecule has 0 saturated carbocycles. The van der Waals surface area contributed by atoms with Crippen molar-refractivity contribution in [3.05, 3.63) is 47.1 Å². The van der Waals surface area contributed by atoms with Crippen molar-refractivity contribution < 1.29 is 18.7 Å². The lowest BCUT2D eigenvalue weighted by Gasteiger charge is -2.02. The van der Waals surface area contributed by atoms with Gasteiger partial charge in [0.15, 0.2) is 0 Å². The molecule has 1 heterocycles. The van der Waals surface area contributed by atoms with Gasteiger partial charge in [0.2, 0.25) is 5.89 Å². The van der Waals surface area contributed by atoms with Gasteiger partial charge in [-0.15, -0.1) is 10.2 Å². The number of halogens is 1. The number of hydrogen-bond donors (Lipinski definition) is 1. The summed E-state index contributed by atoms with van der Waals surface area (Å²) >= 11 is 1.33. The van der Waals surface area contributed by atoms with Crippen molar-refractivity contribution in [1.82, 2.24) is 10.2 Å². The maximum atomic E-state index is 13.5. The van der Waals surface area contributed by atoms with E-state index in [1.165, 1.54) is 23.9 Å². The summed E-state index contributed by atoms with van der Waals surface area (Å²) in [6.07, 6.45) is 2.12. The molecule has 20 heavy (non-hydrogen) atoms. The van der Waals surface area contributed by atoms with Crippen LogP contribution in [0.3, 0.4) is 0 Å². The van der Waals surface area contributed by atoms with E-state index in [0.29, 0.717) is 16.9 Å². The third-order valence-electron chi connectivity index (χ3n) is 2.34. The van der Waals surface area contributed by atoms with E-state index in [1.807, 2.05) is 0 Å². The second-order valence-corrected chi connectivity index (χ2v) is 4.83. The number of thioether (sulfide) groups is 1. The predicted molar refractivity (Wildman–Crippen MR) is 71.7 cm³/mol. The molecule has 2 aromatic rings. The van der Waals surface area contributed by atoms with Crippen molar-refractivity contribution in [2.75, 3.05) is 0 Å². The fourth-order valence-corrected chi connectivity index (χ4v) is 2.20. The fourth-order valence-electron chi connectivity index (χ4n) is 1.45. The lowest BCUT2D eigenvalue weighted by molar-refractivity contribution is -0.131. The maximum Gasteiger partial charge on any atom is 0.328 e. The van der Waals surface area contributed by atoms with Gasteiger partial charge in [0.1, 0.15) is 5.82 Å².